The Labute approximate surface area is 111 Å². The van der Waals surface area contributed by atoms with Crippen molar-refractivity contribution in [2.45, 2.75) is 11.4 Å². The van der Waals surface area contributed by atoms with E-state index in [1.54, 1.807) is 25.2 Å². The Morgan fingerprint density at radius 3 is 2.79 bits per heavy atom. The number of nitrogens with one attached hydrogen (secondary N) is 2. The summed E-state index contributed by atoms with van der Waals surface area (Å²) >= 11 is 0. The minimum Gasteiger partial charge on any atom is -0.387 e. The Bertz CT molecular complexity index is 645. The summed E-state index contributed by atoms with van der Waals surface area (Å²) in [7, 11) is -1.99. The quantitative estimate of drug-likeness (QED) is 0.822. The average Bonchev–Trinajstić information content (AvgIpc) is 2.46. The van der Waals surface area contributed by atoms with E-state index in [0.29, 0.717) is 11.4 Å². The highest BCUT2D eigenvalue weighted by atomic mass is 32.2. The van der Waals surface area contributed by atoms with Gasteiger partial charge >= 0.3 is 0 Å². The molecular formula is C11H13N5O2S. The average molecular weight is 279 g/mol. The molecule has 2 N–H and O–H groups in total. The van der Waals surface area contributed by atoms with Crippen molar-refractivity contribution in [2.24, 2.45) is 0 Å². The Kier molecular flexibility index (Phi) is 4.03. The molecule has 0 saturated carbocycles. The second kappa shape index (κ2) is 5.72. The van der Waals surface area contributed by atoms with E-state index in [1.807, 2.05) is 0 Å². The molecular weight excluding hydrogens is 266 g/mol. The standard InChI is InChI=1S/C11H13N5O2S/c1-12-10-4-6-13-8-11(10)19(17,18)15-7-9-3-2-5-14-16-9/h2-6,8,15H,7H2,1H3,(H,12,13). The summed E-state index contributed by atoms with van der Waals surface area (Å²) in [5.74, 6) is 0. The summed E-state index contributed by atoms with van der Waals surface area (Å²) in [5.41, 5.74) is 1.03. The molecule has 8 heteroatoms. The molecule has 0 aliphatic heterocycles. The number of aromatic nitrogens is 3. The number of rotatable bonds is 5. The molecule has 0 aromatic carbocycles. The zero-order valence-corrected chi connectivity index (χ0v) is 11.1. The number of hydrogen-bond acceptors (Lipinski definition) is 6. The molecule has 0 aliphatic rings. The normalized spacial score (nSPS) is 11.2. The highest BCUT2D eigenvalue weighted by Crippen LogP contribution is 2.18. The van der Waals surface area contributed by atoms with E-state index < -0.39 is 10.0 Å². The van der Waals surface area contributed by atoms with Gasteiger partial charge in [0.15, 0.2) is 0 Å². The van der Waals surface area contributed by atoms with Crippen LogP contribution in [0.15, 0.2) is 41.7 Å². The predicted molar refractivity (Wildman–Crippen MR) is 69.8 cm³/mol. The molecule has 0 spiro atoms. The zero-order chi connectivity index (χ0) is 13.7. The highest BCUT2D eigenvalue weighted by molar-refractivity contribution is 7.89. The first-order chi connectivity index (χ1) is 9.13. The maximum Gasteiger partial charge on any atom is 0.244 e. The van der Waals surface area contributed by atoms with Crippen LogP contribution in [0.3, 0.4) is 0 Å². The van der Waals surface area contributed by atoms with Gasteiger partial charge in [-0.25, -0.2) is 13.1 Å². The fourth-order valence-electron chi connectivity index (χ4n) is 1.48. The van der Waals surface area contributed by atoms with Gasteiger partial charge in [0.1, 0.15) is 4.90 Å². The van der Waals surface area contributed by atoms with Crippen LogP contribution in [0.25, 0.3) is 0 Å². The molecule has 2 rings (SSSR count). The third-order valence-corrected chi connectivity index (χ3v) is 3.84. The van der Waals surface area contributed by atoms with Crippen LogP contribution in [0.4, 0.5) is 5.69 Å². The van der Waals surface area contributed by atoms with E-state index in [-0.39, 0.29) is 11.4 Å². The van der Waals surface area contributed by atoms with Gasteiger partial charge in [0.25, 0.3) is 0 Å². The minimum atomic E-state index is -3.64. The summed E-state index contributed by atoms with van der Waals surface area (Å²) in [5, 5.41) is 10.3. The fraction of sp³-hybridized carbons (Fsp3) is 0.182. The number of pyridine rings is 1. The second-order valence-electron chi connectivity index (χ2n) is 3.66. The SMILES string of the molecule is CNc1ccncc1S(=O)(=O)NCc1cccnn1. The lowest BCUT2D eigenvalue weighted by Gasteiger charge is -2.09. The van der Waals surface area contributed by atoms with Gasteiger partial charge in [-0.2, -0.15) is 10.2 Å². The van der Waals surface area contributed by atoms with Crippen LogP contribution in [0, 0.1) is 0 Å². The fourth-order valence-corrected chi connectivity index (χ4v) is 2.63. The molecule has 2 aromatic heterocycles. The largest absolute Gasteiger partial charge is 0.387 e. The van der Waals surface area contributed by atoms with E-state index in [4.69, 9.17) is 0 Å². The molecule has 0 atom stereocenters. The number of sulfonamides is 1. The van der Waals surface area contributed by atoms with E-state index in [9.17, 15) is 8.42 Å². The van der Waals surface area contributed by atoms with Crippen molar-refractivity contribution in [2.75, 3.05) is 12.4 Å². The van der Waals surface area contributed by atoms with Gasteiger partial charge in [-0.15, -0.1) is 0 Å². The van der Waals surface area contributed by atoms with Crippen molar-refractivity contribution in [1.82, 2.24) is 19.9 Å². The third kappa shape index (κ3) is 3.24. The molecule has 0 radical (unpaired) electrons. The van der Waals surface area contributed by atoms with Crippen molar-refractivity contribution >= 4 is 15.7 Å². The van der Waals surface area contributed by atoms with Crippen molar-refractivity contribution in [1.29, 1.82) is 0 Å². The minimum absolute atomic E-state index is 0.0776. The third-order valence-electron chi connectivity index (χ3n) is 2.41. The van der Waals surface area contributed by atoms with Crippen LogP contribution in [-0.4, -0.2) is 30.6 Å². The molecule has 2 aromatic rings. The van der Waals surface area contributed by atoms with E-state index in [0.717, 1.165) is 0 Å². The van der Waals surface area contributed by atoms with Gasteiger partial charge in [0.05, 0.1) is 17.9 Å². The molecule has 0 unspecified atom stereocenters. The number of anilines is 1. The lowest BCUT2D eigenvalue weighted by molar-refractivity contribution is 0.580. The van der Waals surface area contributed by atoms with Gasteiger partial charge in [-0.05, 0) is 18.2 Å². The maximum atomic E-state index is 12.1. The molecule has 0 amide bonds. The highest BCUT2D eigenvalue weighted by Gasteiger charge is 2.18. The molecule has 2 heterocycles. The summed E-state index contributed by atoms with van der Waals surface area (Å²) < 4.78 is 26.7. The van der Waals surface area contributed by atoms with Crippen molar-refractivity contribution in [3.8, 4) is 0 Å². The smallest absolute Gasteiger partial charge is 0.244 e. The monoisotopic (exact) mass is 279 g/mol. The first-order valence-corrected chi connectivity index (χ1v) is 7.00. The van der Waals surface area contributed by atoms with Gasteiger partial charge in [0.2, 0.25) is 10.0 Å². The first kappa shape index (κ1) is 13.4. The van der Waals surface area contributed by atoms with E-state index in [2.05, 4.69) is 25.2 Å². The van der Waals surface area contributed by atoms with Gasteiger partial charge in [-0.3, -0.25) is 4.98 Å². The lowest BCUT2D eigenvalue weighted by Crippen LogP contribution is -2.24. The van der Waals surface area contributed by atoms with Crippen molar-refractivity contribution < 1.29 is 8.42 Å². The summed E-state index contributed by atoms with van der Waals surface area (Å²) in [6.07, 6.45) is 4.34. The first-order valence-electron chi connectivity index (χ1n) is 5.51. The maximum absolute atomic E-state index is 12.1. The topological polar surface area (TPSA) is 96.9 Å². The predicted octanol–water partition coefficient (Wildman–Crippen LogP) is 0.392. The van der Waals surface area contributed by atoms with Crippen LogP contribution in [0.1, 0.15) is 5.69 Å². The Hall–Kier alpha value is -2.06. The molecule has 7 nitrogen and oxygen atoms in total. The van der Waals surface area contributed by atoms with E-state index >= 15 is 0 Å². The van der Waals surface area contributed by atoms with Gasteiger partial charge < -0.3 is 5.32 Å². The zero-order valence-electron chi connectivity index (χ0n) is 10.2. The van der Waals surface area contributed by atoms with Crippen LogP contribution in [0.5, 0.6) is 0 Å². The van der Waals surface area contributed by atoms with Crippen LogP contribution in [0.2, 0.25) is 0 Å². The molecule has 0 fully saturated rings. The van der Waals surface area contributed by atoms with Gasteiger partial charge in [0, 0.05) is 25.6 Å². The second-order valence-corrected chi connectivity index (χ2v) is 5.40. The van der Waals surface area contributed by atoms with Crippen LogP contribution < -0.4 is 10.0 Å². The Balaban J connectivity index is 2.19. The van der Waals surface area contributed by atoms with Gasteiger partial charge in [-0.1, -0.05) is 0 Å². The van der Waals surface area contributed by atoms with Crippen LogP contribution >= 0.6 is 0 Å². The van der Waals surface area contributed by atoms with Crippen molar-refractivity contribution in [3.05, 3.63) is 42.5 Å². The molecule has 100 valence electrons. The molecule has 0 aliphatic carbocycles. The summed E-state index contributed by atoms with van der Waals surface area (Å²) in [6, 6.07) is 4.98. The van der Waals surface area contributed by atoms with E-state index in [1.165, 1.54) is 18.6 Å². The molecule has 0 bridgehead atoms. The Morgan fingerprint density at radius 2 is 2.11 bits per heavy atom. The lowest BCUT2D eigenvalue weighted by atomic mass is 10.4. The molecule has 19 heavy (non-hydrogen) atoms. The molecule has 0 saturated heterocycles. The number of nitrogens with zero attached hydrogens (tertiary/aromatic N) is 3. The number of hydrogen-bond donors (Lipinski definition) is 2. The van der Waals surface area contributed by atoms with Crippen molar-refractivity contribution in [3.63, 3.8) is 0 Å². The Morgan fingerprint density at radius 1 is 1.26 bits per heavy atom. The van der Waals surface area contributed by atoms with Crippen LogP contribution in [-0.2, 0) is 16.6 Å². The summed E-state index contributed by atoms with van der Waals surface area (Å²) in [4.78, 5) is 3.93. The summed E-state index contributed by atoms with van der Waals surface area (Å²) in [6.45, 7) is 0.0776.